The second-order valence-electron chi connectivity index (χ2n) is 6.63. The van der Waals surface area contributed by atoms with Gasteiger partial charge in [0.25, 0.3) is 0 Å². The van der Waals surface area contributed by atoms with E-state index in [2.05, 4.69) is 10.1 Å². The third-order valence-electron chi connectivity index (χ3n) is 3.74. The molecule has 0 aliphatic carbocycles. The Labute approximate surface area is 128 Å². The number of ether oxygens (including phenoxy) is 2. The largest absolute Gasteiger partial charge is 0.444 e. The van der Waals surface area contributed by atoms with Crippen molar-refractivity contribution in [2.75, 3.05) is 13.1 Å². The fourth-order valence-electron chi connectivity index (χ4n) is 2.76. The minimum atomic E-state index is -0.506. The minimum absolute atomic E-state index is 0.327. The third kappa shape index (κ3) is 2.52. The van der Waals surface area contributed by atoms with Gasteiger partial charge in [0.1, 0.15) is 11.2 Å². The van der Waals surface area contributed by atoms with Crippen LogP contribution in [0.3, 0.4) is 0 Å². The first kappa shape index (κ1) is 14.8. The van der Waals surface area contributed by atoms with Crippen molar-refractivity contribution in [3.63, 3.8) is 0 Å². The Kier molecular flexibility index (Phi) is 3.32. The van der Waals surface area contributed by atoms with E-state index in [1.165, 1.54) is 6.21 Å². The number of nitrogens with zero attached hydrogens (tertiary/aromatic N) is 3. The summed E-state index contributed by atoms with van der Waals surface area (Å²) in [5, 5.41) is 11.5. The summed E-state index contributed by atoms with van der Waals surface area (Å²) in [6.07, 6.45) is 2.68. The lowest BCUT2D eigenvalue weighted by Crippen LogP contribution is -2.61. The summed E-state index contributed by atoms with van der Waals surface area (Å²) in [6.45, 7) is 6.92. The molecular formula is C15H19N3O4. The van der Waals surface area contributed by atoms with Gasteiger partial charge in [-0.15, -0.1) is 0 Å². The average Bonchev–Trinajstić information content (AvgIpc) is 2.74. The predicted molar refractivity (Wildman–Crippen MR) is 77.9 cm³/mol. The normalized spacial score (nSPS) is 19.3. The van der Waals surface area contributed by atoms with E-state index >= 15 is 0 Å². The van der Waals surface area contributed by atoms with Crippen molar-refractivity contribution in [1.82, 2.24) is 9.88 Å². The Hall–Kier alpha value is -2.15. The molecule has 0 radical (unpaired) electrons. The molecule has 1 spiro atoms. The number of fused-ring (bicyclic) bond motifs is 2. The number of carbonyl (C=O) groups excluding carboxylic acids is 1. The molecule has 118 valence electrons. The number of pyridine rings is 1. The van der Waals surface area contributed by atoms with Crippen molar-refractivity contribution in [3.05, 3.63) is 29.1 Å². The van der Waals surface area contributed by atoms with Gasteiger partial charge in [-0.25, -0.2) is 4.79 Å². The topological polar surface area (TPSA) is 84.2 Å². The molecule has 2 aliphatic rings. The third-order valence-corrected chi connectivity index (χ3v) is 3.74. The van der Waals surface area contributed by atoms with Crippen molar-refractivity contribution < 1.29 is 19.5 Å². The predicted octanol–water partition coefficient (Wildman–Crippen LogP) is 1.87. The maximum absolute atomic E-state index is 12.0. The van der Waals surface area contributed by atoms with Crippen LogP contribution in [-0.4, -0.2) is 46.1 Å². The summed E-state index contributed by atoms with van der Waals surface area (Å²) >= 11 is 0. The molecule has 1 fully saturated rings. The molecule has 0 bridgehead atoms. The van der Waals surface area contributed by atoms with E-state index in [-0.39, 0.29) is 6.09 Å². The monoisotopic (exact) mass is 305 g/mol. The molecule has 22 heavy (non-hydrogen) atoms. The Bertz CT molecular complexity index is 630. The fourth-order valence-corrected chi connectivity index (χ4v) is 2.76. The Balaban J connectivity index is 1.72. The lowest BCUT2D eigenvalue weighted by atomic mass is 9.86. The van der Waals surface area contributed by atoms with Gasteiger partial charge in [0.15, 0.2) is 0 Å². The molecule has 1 aromatic heterocycles. The Morgan fingerprint density at radius 2 is 2.27 bits per heavy atom. The molecule has 7 heteroatoms. The molecule has 1 amide bonds. The van der Waals surface area contributed by atoms with Crippen LogP contribution >= 0.6 is 0 Å². The van der Waals surface area contributed by atoms with Crippen molar-refractivity contribution in [1.29, 1.82) is 0 Å². The van der Waals surface area contributed by atoms with E-state index in [1.54, 1.807) is 11.1 Å². The second kappa shape index (κ2) is 4.95. The first-order chi connectivity index (χ1) is 10.3. The van der Waals surface area contributed by atoms with Crippen LogP contribution < -0.4 is 0 Å². The fraction of sp³-hybridized carbons (Fsp3) is 0.533. The smallest absolute Gasteiger partial charge is 0.410 e. The summed E-state index contributed by atoms with van der Waals surface area (Å²) in [5.74, 6) is 0. The summed E-state index contributed by atoms with van der Waals surface area (Å²) in [6, 6.07) is 1.83. The van der Waals surface area contributed by atoms with Crippen molar-refractivity contribution >= 4 is 12.3 Å². The highest BCUT2D eigenvalue weighted by molar-refractivity contribution is 5.77. The highest BCUT2D eigenvalue weighted by Crippen LogP contribution is 2.43. The zero-order valence-electron chi connectivity index (χ0n) is 12.9. The SMILES string of the molecule is CC(C)(C)OC(=O)N1CC2(C1)OCc1cc(/C=N/O)ncc12. The van der Waals surface area contributed by atoms with Gasteiger partial charge in [0, 0.05) is 11.8 Å². The highest BCUT2D eigenvalue weighted by Gasteiger charge is 2.52. The highest BCUT2D eigenvalue weighted by atomic mass is 16.6. The van der Waals surface area contributed by atoms with Crippen LogP contribution in [-0.2, 0) is 21.7 Å². The standard InChI is InChI=1S/C15H19N3O4/c1-14(2,3)22-13(19)18-8-15(9-18)12-6-16-11(5-17-20)4-10(12)7-21-15/h4-6,20H,7-9H2,1-3H3/b17-5+. The zero-order valence-corrected chi connectivity index (χ0v) is 12.9. The second-order valence-corrected chi connectivity index (χ2v) is 6.63. The molecule has 2 aliphatic heterocycles. The molecule has 0 saturated carbocycles. The number of rotatable bonds is 1. The Morgan fingerprint density at radius 1 is 1.55 bits per heavy atom. The maximum Gasteiger partial charge on any atom is 0.410 e. The van der Waals surface area contributed by atoms with Gasteiger partial charge in [-0.05, 0) is 32.4 Å². The van der Waals surface area contributed by atoms with Crippen LogP contribution in [0.2, 0.25) is 0 Å². The van der Waals surface area contributed by atoms with Crippen molar-refractivity contribution in [2.45, 2.75) is 38.6 Å². The molecule has 1 aromatic rings. The first-order valence-corrected chi connectivity index (χ1v) is 7.12. The Morgan fingerprint density at radius 3 is 2.91 bits per heavy atom. The van der Waals surface area contributed by atoms with E-state index in [1.807, 2.05) is 26.8 Å². The first-order valence-electron chi connectivity index (χ1n) is 7.12. The van der Waals surface area contributed by atoms with E-state index in [9.17, 15) is 4.79 Å². The molecular weight excluding hydrogens is 286 g/mol. The van der Waals surface area contributed by atoms with E-state index in [0.29, 0.717) is 25.4 Å². The van der Waals surface area contributed by atoms with Gasteiger partial charge in [0.2, 0.25) is 0 Å². The maximum atomic E-state index is 12.0. The number of carbonyl (C=O) groups is 1. The van der Waals surface area contributed by atoms with Crippen LogP contribution in [0.4, 0.5) is 4.79 Å². The van der Waals surface area contributed by atoms with Gasteiger partial charge in [-0.3, -0.25) is 4.98 Å². The average molecular weight is 305 g/mol. The van der Waals surface area contributed by atoms with E-state index < -0.39 is 11.2 Å². The lowest BCUT2D eigenvalue weighted by Gasteiger charge is -2.47. The van der Waals surface area contributed by atoms with E-state index in [0.717, 1.165) is 11.1 Å². The molecule has 1 N–H and O–H groups in total. The van der Waals surface area contributed by atoms with Gasteiger partial charge >= 0.3 is 6.09 Å². The van der Waals surface area contributed by atoms with Gasteiger partial charge in [-0.2, -0.15) is 0 Å². The number of hydrogen-bond donors (Lipinski definition) is 1. The van der Waals surface area contributed by atoms with Crippen LogP contribution in [0.1, 0.15) is 37.6 Å². The number of oxime groups is 1. The number of aromatic nitrogens is 1. The van der Waals surface area contributed by atoms with Crippen molar-refractivity contribution in [2.24, 2.45) is 5.16 Å². The molecule has 3 rings (SSSR count). The summed E-state index contributed by atoms with van der Waals surface area (Å²) in [4.78, 5) is 17.9. The summed E-state index contributed by atoms with van der Waals surface area (Å²) < 4.78 is 11.2. The molecule has 0 atom stereocenters. The molecule has 3 heterocycles. The minimum Gasteiger partial charge on any atom is -0.444 e. The van der Waals surface area contributed by atoms with Gasteiger partial charge in [0.05, 0.1) is 31.6 Å². The lowest BCUT2D eigenvalue weighted by molar-refractivity contribution is -0.137. The number of hydrogen-bond acceptors (Lipinski definition) is 6. The van der Waals surface area contributed by atoms with Crippen LogP contribution in [0.15, 0.2) is 17.4 Å². The van der Waals surface area contributed by atoms with E-state index in [4.69, 9.17) is 14.7 Å². The quantitative estimate of drug-likeness (QED) is 0.486. The van der Waals surface area contributed by atoms with Gasteiger partial charge in [-0.1, -0.05) is 5.16 Å². The van der Waals surface area contributed by atoms with Gasteiger partial charge < -0.3 is 19.6 Å². The molecule has 7 nitrogen and oxygen atoms in total. The van der Waals surface area contributed by atoms with Crippen LogP contribution in [0, 0.1) is 0 Å². The van der Waals surface area contributed by atoms with Crippen LogP contribution in [0.5, 0.6) is 0 Å². The summed E-state index contributed by atoms with van der Waals surface area (Å²) in [5.41, 5.74) is 1.59. The van der Waals surface area contributed by atoms with Crippen LogP contribution in [0.25, 0.3) is 0 Å². The summed E-state index contributed by atoms with van der Waals surface area (Å²) in [7, 11) is 0. The molecule has 0 unspecified atom stereocenters. The zero-order chi connectivity index (χ0) is 16.0. The number of likely N-dealkylation sites (tertiary alicyclic amines) is 1. The molecule has 1 saturated heterocycles. The number of amides is 1. The van der Waals surface area contributed by atoms with Crippen molar-refractivity contribution in [3.8, 4) is 0 Å². The molecule has 0 aromatic carbocycles.